The molecule has 50 heavy (non-hydrogen) atoms. The van der Waals surface area contributed by atoms with Crippen molar-refractivity contribution < 1.29 is 37.0 Å². The third-order valence-corrected chi connectivity index (χ3v) is 9.66. The molecule has 14 nitrogen and oxygen atoms in total. The fourth-order valence-corrected chi connectivity index (χ4v) is 6.82. The molecule has 1 aliphatic rings. The zero-order chi connectivity index (χ0) is 36.2. The lowest BCUT2D eigenvalue weighted by atomic mass is 9.85. The van der Waals surface area contributed by atoms with Gasteiger partial charge >= 0.3 is 12.1 Å². The number of sulfonamides is 1. The van der Waals surface area contributed by atoms with Gasteiger partial charge in [0.05, 0.1) is 51.1 Å². The maximum atomic E-state index is 13.0. The average Bonchev–Trinajstić information content (AvgIpc) is 3.08. The number of urea groups is 2. The Morgan fingerprint density at radius 1 is 0.800 bits per heavy atom. The number of carbonyl (C=O) groups excluding carboxylic acids is 2. The Bertz CT molecular complexity index is 1460. The van der Waals surface area contributed by atoms with Gasteiger partial charge in [-0.25, -0.2) is 22.7 Å². The lowest BCUT2D eigenvalue weighted by molar-refractivity contribution is 0.0516. The topological polar surface area (TPSA) is 169 Å². The highest BCUT2D eigenvalue weighted by Gasteiger charge is 2.28. The van der Waals surface area contributed by atoms with E-state index in [4.69, 9.17) is 42.1 Å². The zero-order valence-corrected chi connectivity index (χ0v) is 31.1. The summed E-state index contributed by atoms with van der Waals surface area (Å²) in [5, 5.41) is 12.1. The molecule has 2 aromatic carbocycles. The third kappa shape index (κ3) is 15.3. The number of nitrogens with zero attached hydrogens (tertiary/aromatic N) is 1. The van der Waals surface area contributed by atoms with E-state index in [9.17, 15) is 18.0 Å². The van der Waals surface area contributed by atoms with E-state index >= 15 is 0 Å². The van der Waals surface area contributed by atoms with Gasteiger partial charge in [0.25, 0.3) is 0 Å². The Balaban J connectivity index is 1.20. The first-order valence-corrected chi connectivity index (χ1v) is 18.9. The number of rotatable bonds is 23. The number of halogens is 2. The summed E-state index contributed by atoms with van der Waals surface area (Å²) < 4.78 is 49.8. The van der Waals surface area contributed by atoms with E-state index in [1.165, 1.54) is 0 Å². The summed E-state index contributed by atoms with van der Waals surface area (Å²) in [6.07, 6.45) is 1.43. The molecule has 3 rings (SSSR count). The number of fused-ring (bicyclic) bond motifs is 1. The molecule has 0 bridgehead atoms. The molecule has 0 radical (unpaired) electrons. The monoisotopic (exact) mass is 760 g/mol. The SMILES string of the molecule is COCCOCCNC(=O)NCCCCNC(=O)NCCOCCOCCNS(=O)(=O)c1cccc([C@@H]2CN(C)Cc3c(Cl)cc(Cl)cc32)c1. The number of amides is 4. The summed E-state index contributed by atoms with van der Waals surface area (Å²) in [4.78, 5) is 25.9. The van der Waals surface area contributed by atoms with E-state index < -0.39 is 10.0 Å². The molecule has 1 atom stereocenters. The van der Waals surface area contributed by atoms with Crippen molar-refractivity contribution in [3.63, 3.8) is 0 Å². The Morgan fingerprint density at radius 3 is 2.00 bits per heavy atom. The minimum atomic E-state index is -3.76. The molecule has 0 aromatic heterocycles. The Labute approximate surface area is 305 Å². The first kappa shape index (κ1) is 41.7. The maximum Gasteiger partial charge on any atom is 0.314 e. The summed E-state index contributed by atoms with van der Waals surface area (Å²) in [6, 6.07) is 10.0. The molecule has 0 fully saturated rings. The molecule has 17 heteroatoms. The van der Waals surface area contributed by atoms with Crippen molar-refractivity contribution >= 4 is 45.3 Å². The van der Waals surface area contributed by atoms with Crippen molar-refractivity contribution in [2.45, 2.75) is 30.2 Å². The summed E-state index contributed by atoms with van der Waals surface area (Å²) in [6.45, 7) is 5.67. The third-order valence-electron chi connectivity index (χ3n) is 7.64. The van der Waals surface area contributed by atoms with Crippen LogP contribution >= 0.6 is 23.2 Å². The van der Waals surface area contributed by atoms with Gasteiger partial charge in [0, 0.05) is 68.9 Å². The molecule has 0 spiro atoms. The summed E-state index contributed by atoms with van der Waals surface area (Å²) >= 11 is 12.8. The van der Waals surface area contributed by atoms with Gasteiger partial charge in [-0.1, -0.05) is 35.3 Å². The molecular weight excluding hydrogens is 711 g/mol. The van der Waals surface area contributed by atoms with E-state index in [0.717, 1.165) is 23.1 Å². The minimum absolute atomic E-state index is 0.0772. The van der Waals surface area contributed by atoms with Crippen molar-refractivity contribution in [3.05, 3.63) is 63.1 Å². The highest BCUT2D eigenvalue weighted by atomic mass is 35.5. The normalized spacial score (nSPS) is 14.6. The second-order valence-corrected chi connectivity index (χ2v) is 14.2. The fourth-order valence-electron chi connectivity index (χ4n) is 5.18. The Morgan fingerprint density at radius 2 is 1.38 bits per heavy atom. The van der Waals surface area contributed by atoms with Crippen molar-refractivity contribution in [1.82, 2.24) is 30.9 Å². The van der Waals surface area contributed by atoms with Crippen LogP contribution in [0, 0.1) is 0 Å². The van der Waals surface area contributed by atoms with Crippen molar-refractivity contribution in [3.8, 4) is 0 Å². The number of ether oxygens (including phenoxy) is 4. The molecule has 2 aromatic rings. The average molecular weight is 762 g/mol. The molecule has 4 amide bonds. The van der Waals surface area contributed by atoms with Crippen LogP contribution < -0.4 is 26.0 Å². The van der Waals surface area contributed by atoms with Crippen LogP contribution in [0.2, 0.25) is 10.0 Å². The number of nitrogens with one attached hydrogen (secondary N) is 5. The quantitative estimate of drug-likeness (QED) is 0.107. The highest BCUT2D eigenvalue weighted by Crippen LogP contribution is 2.38. The molecule has 0 aliphatic carbocycles. The number of methoxy groups -OCH3 is 1. The van der Waals surface area contributed by atoms with E-state index in [-0.39, 0.29) is 42.6 Å². The van der Waals surface area contributed by atoms with E-state index in [1.807, 2.05) is 19.2 Å². The summed E-state index contributed by atoms with van der Waals surface area (Å²) in [7, 11) is -0.159. The molecular formula is C33H50Cl2N6O8S. The van der Waals surface area contributed by atoms with Crippen LogP contribution in [-0.4, -0.2) is 125 Å². The number of unbranched alkanes of at least 4 members (excludes halogenated alkanes) is 1. The van der Waals surface area contributed by atoms with Crippen LogP contribution in [0.5, 0.6) is 0 Å². The lowest BCUT2D eigenvalue weighted by Crippen LogP contribution is -2.39. The van der Waals surface area contributed by atoms with E-state index in [0.29, 0.717) is 88.8 Å². The summed E-state index contributed by atoms with van der Waals surface area (Å²) in [5.41, 5.74) is 2.87. The maximum absolute atomic E-state index is 13.0. The van der Waals surface area contributed by atoms with Crippen LogP contribution in [0.25, 0.3) is 0 Å². The smallest absolute Gasteiger partial charge is 0.314 e. The Kier molecular flexibility index (Phi) is 19.1. The van der Waals surface area contributed by atoms with Crippen molar-refractivity contribution in [2.75, 3.05) is 99.7 Å². The van der Waals surface area contributed by atoms with Gasteiger partial charge < -0.3 is 45.1 Å². The molecule has 0 unspecified atom stereocenters. The second-order valence-electron chi connectivity index (χ2n) is 11.6. The number of carbonyl (C=O) groups is 2. The number of benzene rings is 2. The molecule has 1 heterocycles. The van der Waals surface area contributed by atoms with Crippen LogP contribution in [-0.2, 0) is 35.5 Å². The number of hydrogen-bond donors (Lipinski definition) is 5. The second kappa shape index (κ2) is 23.0. The molecule has 5 N–H and O–H groups in total. The van der Waals surface area contributed by atoms with Crippen molar-refractivity contribution in [1.29, 1.82) is 0 Å². The fraction of sp³-hybridized carbons (Fsp3) is 0.576. The molecule has 0 saturated heterocycles. The van der Waals surface area contributed by atoms with Crippen LogP contribution in [0.4, 0.5) is 9.59 Å². The molecule has 280 valence electrons. The zero-order valence-electron chi connectivity index (χ0n) is 28.7. The summed E-state index contributed by atoms with van der Waals surface area (Å²) in [5.74, 6) is -0.0772. The van der Waals surface area contributed by atoms with Gasteiger partial charge in [-0.05, 0) is 60.8 Å². The largest absolute Gasteiger partial charge is 0.382 e. The van der Waals surface area contributed by atoms with Gasteiger partial charge in [-0.2, -0.15) is 0 Å². The molecule has 1 aliphatic heterocycles. The number of likely N-dealkylation sites (N-methyl/N-ethyl adjacent to an activating group) is 1. The van der Waals surface area contributed by atoms with Crippen LogP contribution in [0.3, 0.4) is 0 Å². The lowest BCUT2D eigenvalue weighted by Gasteiger charge is -2.33. The van der Waals surface area contributed by atoms with Crippen LogP contribution in [0.1, 0.15) is 35.4 Å². The van der Waals surface area contributed by atoms with E-state index in [2.05, 4.69) is 30.9 Å². The predicted molar refractivity (Wildman–Crippen MR) is 193 cm³/mol. The first-order chi connectivity index (χ1) is 24.1. The van der Waals surface area contributed by atoms with Gasteiger partial charge in [0.15, 0.2) is 0 Å². The van der Waals surface area contributed by atoms with Gasteiger partial charge in [-0.3, -0.25) is 0 Å². The van der Waals surface area contributed by atoms with Crippen LogP contribution in [0.15, 0.2) is 41.3 Å². The standard InChI is InChI=1S/C33H50Cl2N6O8S/c1-41-23-29(28-21-26(34)22-31(35)30(28)24-41)25-6-5-7-27(20-25)50(44,45)40-12-15-49-19-18-48-14-11-39-33(43)37-9-4-3-8-36-32(42)38-10-13-47-17-16-46-2/h5-7,20-22,29,40H,3-4,8-19,23-24H2,1-2H3,(H2,36,38,42)(H2,37,39,43)/t29-/m0/s1. The predicted octanol–water partition coefficient (Wildman–Crippen LogP) is 2.92. The minimum Gasteiger partial charge on any atom is -0.382 e. The van der Waals surface area contributed by atoms with Gasteiger partial charge in [-0.15, -0.1) is 0 Å². The van der Waals surface area contributed by atoms with E-state index in [1.54, 1.807) is 31.4 Å². The van der Waals surface area contributed by atoms with Gasteiger partial charge in [0.1, 0.15) is 0 Å². The van der Waals surface area contributed by atoms with Crippen molar-refractivity contribution in [2.24, 2.45) is 0 Å². The molecule has 0 saturated carbocycles. The highest BCUT2D eigenvalue weighted by molar-refractivity contribution is 7.89. The first-order valence-electron chi connectivity index (χ1n) is 16.6. The van der Waals surface area contributed by atoms with Gasteiger partial charge in [0.2, 0.25) is 10.0 Å². The Hall–Kier alpha value is -2.73. The number of hydrogen-bond acceptors (Lipinski definition) is 9.